The average Bonchev–Trinajstić information content (AvgIpc) is 2.99. The van der Waals surface area contributed by atoms with E-state index in [9.17, 15) is 4.79 Å². The molecule has 1 fully saturated rings. The van der Waals surface area contributed by atoms with Crippen LogP contribution in [-0.2, 0) is 11.4 Å². The van der Waals surface area contributed by atoms with Crippen LogP contribution in [0.5, 0.6) is 0 Å². The first kappa shape index (κ1) is 15.8. The fourth-order valence-corrected chi connectivity index (χ4v) is 3.14. The summed E-state index contributed by atoms with van der Waals surface area (Å²) in [6.45, 7) is 4.50. The summed E-state index contributed by atoms with van der Waals surface area (Å²) in [7, 11) is 0. The molecule has 0 aliphatic heterocycles. The Balaban J connectivity index is 1.95. The van der Waals surface area contributed by atoms with Crippen molar-refractivity contribution in [2.45, 2.75) is 58.2 Å². The highest BCUT2D eigenvalue weighted by Crippen LogP contribution is 2.25. The quantitative estimate of drug-likeness (QED) is 0.847. The molecular formula is C17H26N2O2. The summed E-state index contributed by atoms with van der Waals surface area (Å²) >= 11 is 0. The van der Waals surface area contributed by atoms with Crippen LogP contribution < -0.4 is 5.32 Å². The smallest absolute Gasteiger partial charge is 0.242 e. The van der Waals surface area contributed by atoms with Crippen molar-refractivity contribution in [3.05, 3.63) is 29.8 Å². The van der Waals surface area contributed by atoms with Crippen molar-refractivity contribution in [2.75, 3.05) is 11.9 Å². The van der Waals surface area contributed by atoms with E-state index in [2.05, 4.69) is 19.2 Å². The van der Waals surface area contributed by atoms with E-state index >= 15 is 0 Å². The molecule has 1 amide bonds. The van der Waals surface area contributed by atoms with Gasteiger partial charge in [0.05, 0.1) is 13.2 Å². The van der Waals surface area contributed by atoms with Gasteiger partial charge in [-0.25, -0.2) is 0 Å². The summed E-state index contributed by atoms with van der Waals surface area (Å²) in [4.78, 5) is 14.6. The molecule has 0 aromatic heterocycles. The number of nitrogens with one attached hydrogen (secondary N) is 1. The Morgan fingerprint density at radius 3 is 2.71 bits per heavy atom. The predicted octanol–water partition coefficient (Wildman–Crippen LogP) is 2.77. The molecule has 0 saturated heterocycles. The lowest BCUT2D eigenvalue weighted by Gasteiger charge is -2.33. The van der Waals surface area contributed by atoms with Gasteiger partial charge in [-0.05, 0) is 44.4 Å². The predicted molar refractivity (Wildman–Crippen MR) is 85.1 cm³/mol. The highest BCUT2D eigenvalue weighted by molar-refractivity contribution is 5.81. The lowest BCUT2D eigenvalue weighted by molar-refractivity contribution is -0.133. The minimum atomic E-state index is 0.0175. The Hall–Kier alpha value is -1.55. The molecule has 1 aromatic rings. The second kappa shape index (κ2) is 7.46. The first-order chi connectivity index (χ1) is 10.1. The largest absolute Gasteiger partial charge is 0.392 e. The van der Waals surface area contributed by atoms with Gasteiger partial charge in [0.25, 0.3) is 0 Å². The Morgan fingerprint density at radius 1 is 1.38 bits per heavy atom. The van der Waals surface area contributed by atoms with Crippen LogP contribution in [0, 0.1) is 0 Å². The van der Waals surface area contributed by atoms with Crippen LogP contribution in [0.3, 0.4) is 0 Å². The molecule has 0 radical (unpaired) electrons. The molecule has 0 spiro atoms. The number of aliphatic hydroxyl groups excluding tert-OH is 1. The van der Waals surface area contributed by atoms with Crippen LogP contribution in [0.15, 0.2) is 24.3 Å². The SMILES string of the molecule is CC(C)N(C(=O)CNc1cccc(CO)c1)C1CCCC1. The summed E-state index contributed by atoms with van der Waals surface area (Å²) in [5.74, 6) is 0.159. The van der Waals surface area contributed by atoms with Gasteiger partial charge in [-0.3, -0.25) is 4.79 Å². The molecule has 1 saturated carbocycles. The van der Waals surface area contributed by atoms with Gasteiger partial charge in [-0.1, -0.05) is 25.0 Å². The van der Waals surface area contributed by atoms with Crippen LogP contribution in [-0.4, -0.2) is 34.5 Å². The Morgan fingerprint density at radius 2 is 2.10 bits per heavy atom. The molecule has 0 atom stereocenters. The molecular weight excluding hydrogens is 264 g/mol. The zero-order valence-electron chi connectivity index (χ0n) is 13.0. The molecule has 2 N–H and O–H groups in total. The van der Waals surface area contributed by atoms with E-state index in [0.717, 1.165) is 24.1 Å². The fraction of sp³-hybridized carbons (Fsp3) is 0.588. The van der Waals surface area contributed by atoms with E-state index in [1.807, 2.05) is 29.2 Å². The molecule has 0 unspecified atom stereocenters. The van der Waals surface area contributed by atoms with Gasteiger partial charge in [-0.2, -0.15) is 0 Å². The van der Waals surface area contributed by atoms with Crippen LogP contribution in [0.1, 0.15) is 45.1 Å². The number of anilines is 1. The number of rotatable bonds is 6. The molecule has 21 heavy (non-hydrogen) atoms. The van der Waals surface area contributed by atoms with E-state index in [1.165, 1.54) is 12.8 Å². The first-order valence-corrected chi connectivity index (χ1v) is 7.86. The standard InChI is InChI=1S/C17H26N2O2/c1-13(2)19(16-8-3-4-9-16)17(21)11-18-15-7-5-6-14(10-15)12-20/h5-7,10,13,16,18,20H,3-4,8-9,11-12H2,1-2H3. The van der Waals surface area contributed by atoms with Crippen molar-refractivity contribution < 1.29 is 9.90 Å². The van der Waals surface area contributed by atoms with Gasteiger partial charge in [0, 0.05) is 17.8 Å². The summed E-state index contributed by atoms with van der Waals surface area (Å²) in [6.07, 6.45) is 4.72. The zero-order valence-corrected chi connectivity index (χ0v) is 13.0. The summed E-state index contributed by atoms with van der Waals surface area (Å²) in [6, 6.07) is 8.19. The maximum Gasteiger partial charge on any atom is 0.242 e. The minimum Gasteiger partial charge on any atom is -0.392 e. The lowest BCUT2D eigenvalue weighted by atomic mass is 10.1. The number of carbonyl (C=O) groups excluding carboxylic acids is 1. The van der Waals surface area contributed by atoms with Crippen LogP contribution in [0.25, 0.3) is 0 Å². The van der Waals surface area contributed by atoms with E-state index < -0.39 is 0 Å². The number of benzene rings is 1. The topological polar surface area (TPSA) is 52.6 Å². The first-order valence-electron chi connectivity index (χ1n) is 7.86. The molecule has 1 aromatic carbocycles. The van der Waals surface area contributed by atoms with E-state index in [1.54, 1.807) is 0 Å². The third-order valence-corrected chi connectivity index (χ3v) is 4.12. The average molecular weight is 290 g/mol. The normalized spacial score (nSPS) is 15.4. The highest BCUT2D eigenvalue weighted by atomic mass is 16.3. The van der Waals surface area contributed by atoms with Gasteiger partial charge in [0.15, 0.2) is 0 Å². The molecule has 1 aliphatic carbocycles. The maximum atomic E-state index is 12.5. The summed E-state index contributed by atoms with van der Waals surface area (Å²) < 4.78 is 0. The maximum absolute atomic E-state index is 12.5. The van der Waals surface area contributed by atoms with Crippen molar-refractivity contribution in [1.29, 1.82) is 0 Å². The van der Waals surface area contributed by atoms with Gasteiger partial charge in [0.2, 0.25) is 5.91 Å². The second-order valence-electron chi connectivity index (χ2n) is 6.05. The van der Waals surface area contributed by atoms with E-state index in [4.69, 9.17) is 5.11 Å². The molecule has 4 heteroatoms. The van der Waals surface area contributed by atoms with Crippen molar-refractivity contribution in [1.82, 2.24) is 4.90 Å². The third-order valence-electron chi connectivity index (χ3n) is 4.12. The monoisotopic (exact) mass is 290 g/mol. The van der Waals surface area contributed by atoms with Crippen molar-refractivity contribution in [3.63, 3.8) is 0 Å². The molecule has 116 valence electrons. The molecule has 0 bridgehead atoms. The summed E-state index contributed by atoms with van der Waals surface area (Å²) in [5, 5.41) is 12.3. The summed E-state index contributed by atoms with van der Waals surface area (Å²) in [5.41, 5.74) is 1.73. The third kappa shape index (κ3) is 4.21. The van der Waals surface area contributed by atoms with Crippen LogP contribution >= 0.6 is 0 Å². The lowest BCUT2D eigenvalue weighted by Crippen LogP contribution is -2.46. The molecule has 4 nitrogen and oxygen atoms in total. The van der Waals surface area contributed by atoms with Crippen molar-refractivity contribution in [3.8, 4) is 0 Å². The Kier molecular flexibility index (Phi) is 5.62. The fourth-order valence-electron chi connectivity index (χ4n) is 3.14. The number of amides is 1. The van der Waals surface area contributed by atoms with Crippen molar-refractivity contribution in [2.24, 2.45) is 0 Å². The highest BCUT2D eigenvalue weighted by Gasteiger charge is 2.28. The Labute approximate surface area is 127 Å². The van der Waals surface area contributed by atoms with Gasteiger partial charge >= 0.3 is 0 Å². The van der Waals surface area contributed by atoms with Gasteiger partial charge in [-0.15, -0.1) is 0 Å². The number of hydrogen-bond acceptors (Lipinski definition) is 3. The van der Waals surface area contributed by atoms with Crippen LogP contribution in [0.4, 0.5) is 5.69 Å². The van der Waals surface area contributed by atoms with Crippen LogP contribution in [0.2, 0.25) is 0 Å². The molecule has 2 rings (SSSR count). The number of carbonyl (C=O) groups is 1. The zero-order chi connectivity index (χ0) is 15.2. The second-order valence-corrected chi connectivity index (χ2v) is 6.05. The number of nitrogens with zero attached hydrogens (tertiary/aromatic N) is 1. The minimum absolute atomic E-state index is 0.0175. The van der Waals surface area contributed by atoms with E-state index in [-0.39, 0.29) is 18.6 Å². The van der Waals surface area contributed by atoms with Gasteiger partial charge in [0.1, 0.15) is 0 Å². The molecule has 0 heterocycles. The number of hydrogen-bond donors (Lipinski definition) is 2. The van der Waals surface area contributed by atoms with Crippen molar-refractivity contribution >= 4 is 11.6 Å². The molecule has 1 aliphatic rings. The number of aliphatic hydroxyl groups is 1. The van der Waals surface area contributed by atoms with E-state index in [0.29, 0.717) is 12.6 Å². The van der Waals surface area contributed by atoms with Gasteiger partial charge < -0.3 is 15.3 Å². The Bertz CT molecular complexity index is 468.